The summed E-state index contributed by atoms with van der Waals surface area (Å²) >= 11 is 0. The largest absolute Gasteiger partial charge is 0.494 e. The van der Waals surface area contributed by atoms with Gasteiger partial charge in [-0.2, -0.15) is 0 Å². The average Bonchev–Trinajstić information content (AvgIpc) is 2.62. The van der Waals surface area contributed by atoms with E-state index in [-0.39, 0.29) is 5.91 Å². The van der Waals surface area contributed by atoms with E-state index in [1.54, 1.807) is 0 Å². The Morgan fingerprint density at radius 3 is 2.71 bits per heavy atom. The number of unbranched alkanes of at least 4 members (excludes halogenated alkanes) is 1. The molecule has 1 aliphatic rings. The number of benzene rings is 1. The lowest BCUT2D eigenvalue weighted by atomic mass is 9.93. The van der Waals surface area contributed by atoms with Crippen molar-refractivity contribution in [3.05, 3.63) is 29.8 Å². The fourth-order valence-electron chi connectivity index (χ4n) is 3.03. The Labute approximate surface area is 146 Å². The van der Waals surface area contributed by atoms with Crippen LogP contribution in [0.5, 0.6) is 5.75 Å². The number of nitrogens with one attached hydrogen (secondary N) is 2. The van der Waals surface area contributed by atoms with E-state index in [0.29, 0.717) is 13.0 Å². The van der Waals surface area contributed by atoms with Gasteiger partial charge in [-0.1, -0.05) is 25.5 Å². The smallest absolute Gasteiger partial charge is 0.220 e. The van der Waals surface area contributed by atoms with Crippen molar-refractivity contribution in [1.82, 2.24) is 10.6 Å². The molecule has 2 rings (SSSR count). The first kappa shape index (κ1) is 18.8. The number of carbonyl (C=O) groups is 1. The zero-order valence-electron chi connectivity index (χ0n) is 15.0. The van der Waals surface area contributed by atoms with Crippen molar-refractivity contribution in [2.24, 2.45) is 5.92 Å². The summed E-state index contributed by atoms with van der Waals surface area (Å²) in [5.74, 6) is 1.84. The fourth-order valence-corrected chi connectivity index (χ4v) is 3.03. The van der Waals surface area contributed by atoms with Crippen LogP contribution in [0.25, 0.3) is 0 Å². The van der Waals surface area contributed by atoms with Crippen LogP contribution in [0, 0.1) is 5.92 Å². The van der Waals surface area contributed by atoms with E-state index >= 15 is 0 Å². The van der Waals surface area contributed by atoms with Gasteiger partial charge in [0.15, 0.2) is 0 Å². The van der Waals surface area contributed by atoms with Crippen LogP contribution < -0.4 is 15.4 Å². The van der Waals surface area contributed by atoms with Gasteiger partial charge in [-0.3, -0.25) is 4.79 Å². The van der Waals surface area contributed by atoms with Crippen LogP contribution in [0.4, 0.5) is 0 Å². The summed E-state index contributed by atoms with van der Waals surface area (Å²) in [6.45, 7) is 5.85. The minimum Gasteiger partial charge on any atom is -0.494 e. The molecule has 0 unspecified atom stereocenters. The summed E-state index contributed by atoms with van der Waals surface area (Å²) in [7, 11) is 0. The summed E-state index contributed by atoms with van der Waals surface area (Å²) in [6, 6.07) is 8.21. The number of rotatable bonds is 10. The zero-order valence-corrected chi connectivity index (χ0v) is 15.0. The van der Waals surface area contributed by atoms with Gasteiger partial charge in [-0.25, -0.2) is 0 Å². The maximum Gasteiger partial charge on any atom is 0.220 e. The molecule has 134 valence electrons. The predicted molar refractivity (Wildman–Crippen MR) is 98.4 cm³/mol. The Bertz CT molecular complexity index is 467. The summed E-state index contributed by atoms with van der Waals surface area (Å²) < 4.78 is 5.66. The van der Waals surface area contributed by atoms with E-state index in [2.05, 4.69) is 29.7 Å². The molecule has 4 heteroatoms. The molecule has 1 aromatic carbocycles. The van der Waals surface area contributed by atoms with Gasteiger partial charge in [-0.15, -0.1) is 0 Å². The van der Waals surface area contributed by atoms with Crippen molar-refractivity contribution >= 4 is 5.91 Å². The lowest BCUT2D eigenvalue weighted by Crippen LogP contribution is -2.30. The summed E-state index contributed by atoms with van der Waals surface area (Å²) in [5, 5.41) is 6.40. The van der Waals surface area contributed by atoms with Gasteiger partial charge in [0.1, 0.15) is 5.75 Å². The zero-order chi connectivity index (χ0) is 17.0. The highest BCUT2D eigenvalue weighted by molar-refractivity contribution is 5.75. The molecule has 24 heavy (non-hydrogen) atoms. The maximum absolute atomic E-state index is 11.9. The molecule has 1 amide bonds. The lowest BCUT2D eigenvalue weighted by Gasteiger charge is -2.22. The molecule has 1 saturated heterocycles. The number of carbonyl (C=O) groups excluding carboxylic acids is 1. The van der Waals surface area contributed by atoms with Gasteiger partial charge in [0.25, 0.3) is 0 Å². The second kappa shape index (κ2) is 11.1. The first-order valence-electron chi connectivity index (χ1n) is 9.47. The standard InChI is InChI=1S/C20H32N2O2/c1-2-3-16-24-19-7-4-17(5-8-19)12-15-22-20(23)9-6-18-10-13-21-14-11-18/h4-5,7-8,18,21H,2-3,6,9-16H2,1H3,(H,22,23). The van der Waals surface area contributed by atoms with E-state index in [0.717, 1.165) is 57.0 Å². The third kappa shape index (κ3) is 7.35. The van der Waals surface area contributed by atoms with Crippen LogP contribution >= 0.6 is 0 Å². The SMILES string of the molecule is CCCCOc1ccc(CCNC(=O)CCC2CCNCC2)cc1. The molecule has 1 fully saturated rings. The van der Waals surface area contributed by atoms with Gasteiger partial charge < -0.3 is 15.4 Å². The molecule has 0 aromatic heterocycles. The first-order chi connectivity index (χ1) is 11.8. The van der Waals surface area contributed by atoms with Crippen LogP contribution in [0.2, 0.25) is 0 Å². The van der Waals surface area contributed by atoms with Gasteiger partial charge in [-0.05, 0) is 68.8 Å². The van der Waals surface area contributed by atoms with Crippen LogP contribution in [-0.4, -0.2) is 32.1 Å². The van der Waals surface area contributed by atoms with Crippen LogP contribution in [0.1, 0.15) is 51.0 Å². The third-order valence-electron chi connectivity index (χ3n) is 4.66. The van der Waals surface area contributed by atoms with Crippen LogP contribution in [0.15, 0.2) is 24.3 Å². The molecule has 0 spiro atoms. The van der Waals surface area contributed by atoms with Gasteiger partial charge in [0.05, 0.1) is 6.61 Å². The molecule has 0 radical (unpaired) electrons. The van der Waals surface area contributed by atoms with E-state index in [9.17, 15) is 4.79 Å². The number of ether oxygens (including phenoxy) is 1. The van der Waals surface area contributed by atoms with E-state index < -0.39 is 0 Å². The number of hydrogen-bond donors (Lipinski definition) is 2. The minimum absolute atomic E-state index is 0.188. The number of piperidine rings is 1. The van der Waals surface area contributed by atoms with Crippen molar-refractivity contribution in [3.63, 3.8) is 0 Å². The molecule has 0 saturated carbocycles. The summed E-state index contributed by atoms with van der Waals surface area (Å²) in [5.41, 5.74) is 1.23. The molecule has 0 aliphatic carbocycles. The van der Waals surface area contributed by atoms with Crippen LogP contribution in [-0.2, 0) is 11.2 Å². The Morgan fingerprint density at radius 1 is 1.25 bits per heavy atom. The van der Waals surface area contributed by atoms with Crippen molar-refractivity contribution in [1.29, 1.82) is 0 Å². The van der Waals surface area contributed by atoms with Crippen molar-refractivity contribution in [2.45, 2.75) is 51.9 Å². The fraction of sp³-hybridized carbons (Fsp3) is 0.650. The van der Waals surface area contributed by atoms with Crippen molar-refractivity contribution < 1.29 is 9.53 Å². The molecule has 2 N–H and O–H groups in total. The Morgan fingerprint density at radius 2 is 2.00 bits per heavy atom. The summed E-state index contributed by atoms with van der Waals surface area (Å²) in [4.78, 5) is 11.9. The highest BCUT2D eigenvalue weighted by Crippen LogP contribution is 2.17. The van der Waals surface area contributed by atoms with Crippen molar-refractivity contribution in [3.8, 4) is 5.75 Å². The van der Waals surface area contributed by atoms with Crippen molar-refractivity contribution in [2.75, 3.05) is 26.2 Å². The van der Waals surface area contributed by atoms with Crippen LogP contribution in [0.3, 0.4) is 0 Å². The third-order valence-corrected chi connectivity index (χ3v) is 4.66. The molecule has 0 bridgehead atoms. The molecule has 4 nitrogen and oxygen atoms in total. The highest BCUT2D eigenvalue weighted by atomic mass is 16.5. The molecule has 1 aliphatic heterocycles. The van der Waals surface area contributed by atoms with Gasteiger partial charge in [0.2, 0.25) is 5.91 Å². The monoisotopic (exact) mass is 332 g/mol. The normalized spacial score (nSPS) is 15.2. The molecular formula is C20H32N2O2. The second-order valence-corrected chi connectivity index (χ2v) is 6.68. The minimum atomic E-state index is 0.188. The van der Waals surface area contributed by atoms with Gasteiger partial charge in [0, 0.05) is 13.0 Å². The van der Waals surface area contributed by atoms with E-state index in [1.807, 2.05) is 12.1 Å². The molecular weight excluding hydrogens is 300 g/mol. The van der Waals surface area contributed by atoms with E-state index in [1.165, 1.54) is 18.4 Å². The Balaban J connectivity index is 1.58. The molecule has 0 atom stereocenters. The molecule has 1 heterocycles. The number of hydrogen-bond acceptors (Lipinski definition) is 3. The van der Waals surface area contributed by atoms with Gasteiger partial charge >= 0.3 is 0 Å². The van der Waals surface area contributed by atoms with E-state index in [4.69, 9.17) is 4.74 Å². The summed E-state index contributed by atoms with van der Waals surface area (Å²) in [6.07, 6.45) is 7.21. The second-order valence-electron chi connectivity index (χ2n) is 6.68. The first-order valence-corrected chi connectivity index (χ1v) is 9.47. The Hall–Kier alpha value is -1.55. The predicted octanol–water partition coefficient (Wildman–Crippen LogP) is 3.30. The Kier molecular flexibility index (Phi) is 8.67. The lowest BCUT2D eigenvalue weighted by molar-refractivity contribution is -0.121. The average molecular weight is 332 g/mol. The quantitative estimate of drug-likeness (QED) is 0.646. The molecule has 1 aromatic rings. The maximum atomic E-state index is 11.9. The number of amides is 1. The topological polar surface area (TPSA) is 50.4 Å². The highest BCUT2D eigenvalue weighted by Gasteiger charge is 2.14.